The SMILES string of the molecule is O=C(N/N=C(/c1ccccc1)c1ccccn1)c1ccc(Br)cc1. The summed E-state index contributed by atoms with van der Waals surface area (Å²) < 4.78 is 0.918. The number of nitrogens with one attached hydrogen (secondary N) is 1. The van der Waals surface area contributed by atoms with E-state index in [1.54, 1.807) is 18.3 Å². The summed E-state index contributed by atoms with van der Waals surface area (Å²) in [6, 6.07) is 22.3. The molecule has 0 radical (unpaired) electrons. The minimum Gasteiger partial charge on any atom is -0.267 e. The van der Waals surface area contributed by atoms with Crippen LogP contribution in [0.3, 0.4) is 0 Å². The van der Waals surface area contributed by atoms with Crippen LogP contribution >= 0.6 is 15.9 Å². The van der Waals surface area contributed by atoms with Crippen LogP contribution in [0.25, 0.3) is 0 Å². The van der Waals surface area contributed by atoms with Crippen molar-refractivity contribution in [3.63, 3.8) is 0 Å². The second kappa shape index (κ2) is 7.66. The Labute approximate surface area is 148 Å². The number of hydrogen-bond acceptors (Lipinski definition) is 3. The van der Waals surface area contributed by atoms with E-state index in [2.05, 4.69) is 31.4 Å². The smallest absolute Gasteiger partial charge is 0.267 e. The fourth-order valence-corrected chi connectivity index (χ4v) is 2.41. The molecule has 3 aromatic rings. The van der Waals surface area contributed by atoms with E-state index in [0.29, 0.717) is 17.0 Å². The molecule has 1 N–H and O–H groups in total. The Morgan fingerprint density at radius 1 is 0.875 bits per heavy atom. The summed E-state index contributed by atoms with van der Waals surface area (Å²) in [4.78, 5) is 16.6. The Hall–Kier alpha value is -2.79. The number of amides is 1. The summed E-state index contributed by atoms with van der Waals surface area (Å²) in [5.74, 6) is -0.271. The number of hydrazone groups is 1. The second-order valence-corrected chi connectivity index (χ2v) is 5.90. The molecule has 0 atom stereocenters. The van der Waals surface area contributed by atoms with E-state index >= 15 is 0 Å². The van der Waals surface area contributed by atoms with E-state index in [-0.39, 0.29) is 5.91 Å². The van der Waals surface area contributed by atoms with Gasteiger partial charge in [0.25, 0.3) is 5.91 Å². The maximum absolute atomic E-state index is 12.3. The van der Waals surface area contributed by atoms with Crippen molar-refractivity contribution in [2.75, 3.05) is 0 Å². The highest BCUT2D eigenvalue weighted by Crippen LogP contribution is 2.11. The number of pyridine rings is 1. The second-order valence-electron chi connectivity index (χ2n) is 4.99. The average molecular weight is 380 g/mol. The lowest BCUT2D eigenvalue weighted by atomic mass is 10.1. The fourth-order valence-electron chi connectivity index (χ4n) is 2.14. The Morgan fingerprint density at radius 2 is 1.58 bits per heavy atom. The summed E-state index contributed by atoms with van der Waals surface area (Å²) in [5.41, 5.74) is 5.34. The zero-order valence-corrected chi connectivity index (χ0v) is 14.3. The molecule has 1 amide bonds. The van der Waals surface area contributed by atoms with Crippen LogP contribution in [-0.4, -0.2) is 16.6 Å². The highest BCUT2D eigenvalue weighted by Gasteiger charge is 2.10. The van der Waals surface area contributed by atoms with Crippen molar-refractivity contribution in [3.8, 4) is 0 Å². The fraction of sp³-hybridized carbons (Fsp3) is 0. The highest BCUT2D eigenvalue weighted by molar-refractivity contribution is 9.10. The van der Waals surface area contributed by atoms with Crippen molar-refractivity contribution in [2.45, 2.75) is 0 Å². The van der Waals surface area contributed by atoms with Crippen molar-refractivity contribution >= 4 is 27.5 Å². The van der Waals surface area contributed by atoms with Crippen LogP contribution in [0.15, 0.2) is 88.6 Å². The van der Waals surface area contributed by atoms with Crippen LogP contribution in [0.5, 0.6) is 0 Å². The Balaban J connectivity index is 1.90. The first-order valence-corrected chi connectivity index (χ1v) is 8.14. The number of nitrogens with zero attached hydrogens (tertiary/aromatic N) is 2. The molecule has 0 aliphatic carbocycles. The van der Waals surface area contributed by atoms with Gasteiger partial charge in [-0.15, -0.1) is 0 Å². The molecule has 0 saturated carbocycles. The van der Waals surface area contributed by atoms with E-state index in [4.69, 9.17) is 0 Å². The summed E-state index contributed by atoms with van der Waals surface area (Å²) >= 11 is 3.35. The predicted molar refractivity (Wildman–Crippen MR) is 97.9 cm³/mol. The van der Waals surface area contributed by atoms with Crippen LogP contribution in [0.2, 0.25) is 0 Å². The molecule has 0 aliphatic rings. The van der Waals surface area contributed by atoms with Gasteiger partial charge >= 0.3 is 0 Å². The summed E-state index contributed by atoms with van der Waals surface area (Å²) in [6.45, 7) is 0. The lowest BCUT2D eigenvalue weighted by molar-refractivity contribution is 0.0955. The van der Waals surface area contributed by atoms with Gasteiger partial charge < -0.3 is 0 Å². The monoisotopic (exact) mass is 379 g/mol. The van der Waals surface area contributed by atoms with E-state index in [9.17, 15) is 4.79 Å². The zero-order valence-electron chi connectivity index (χ0n) is 12.7. The molecule has 0 bridgehead atoms. The average Bonchev–Trinajstić information content (AvgIpc) is 2.64. The molecule has 5 heteroatoms. The van der Waals surface area contributed by atoms with Crippen LogP contribution in [0.1, 0.15) is 21.6 Å². The Bertz CT molecular complexity index is 805. The standard InChI is InChI=1S/C19H14BrN3O/c20-16-11-9-15(10-12-16)19(24)23-22-18(14-6-2-1-3-7-14)17-8-4-5-13-21-17/h1-13H,(H,23,24)/b22-18-. The quantitative estimate of drug-likeness (QED) is 0.549. The third-order valence-electron chi connectivity index (χ3n) is 3.33. The van der Waals surface area contributed by atoms with E-state index in [1.165, 1.54) is 0 Å². The molecule has 2 aromatic carbocycles. The predicted octanol–water partition coefficient (Wildman–Crippen LogP) is 4.03. The van der Waals surface area contributed by atoms with E-state index in [0.717, 1.165) is 10.0 Å². The van der Waals surface area contributed by atoms with Crippen molar-refractivity contribution in [3.05, 3.63) is 100 Å². The number of hydrogen-bond donors (Lipinski definition) is 1. The van der Waals surface area contributed by atoms with Crippen molar-refractivity contribution in [1.29, 1.82) is 0 Å². The van der Waals surface area contributed by atoms with Crippen LogP contribution in [0, 0.1) is 0 Å². The number of benzene rings is 2. The van der Waals surface area contributed by atoms with Crippen molar-refractivity contribution < 1.29 is 4.79 Å². The van der Waals surface area contributed by atoms with Crippen LogP contribution < -0.4 is 5.43 Å². The first-order chi connectivity index (χ1) is 11.7. The van der Waals surface area contributed by atoms with Crippen LogP contribution in [0.4, 0.5) is 0 Å². The van der Waals surface area contributed by atoms with Crippen molar-refractivity contribution in [2.24, 2.45) is 5.10 Å². The third kappa shape index (κ3) is 3.94. The molecule has 0 spiro atoms. The van der Waals surface area contributed by atoms with Gasteiger partial charge in [0, 0.05) is 21.8 Å². The van der Waals surface area contributed by atoms with Gasteiger partial charge in [0.05, 0.1) is 5.69 Å². The van der Waals surface area contributed by atoms with Gasteiger partial charge in [0.1, 0.15) is 5.71 Å². The number of rotatable bonds is 4. The summed E-state index contributed by atoms with van der Waals surface area (Å²) in [5, 5.41) is 4.31. The molecule has 1 heterocycles. The first kappa shape index (κ1) is 16.1. The van der Waals surface area contributed by atoms with Gasteiger partial charge in [-0.3, -0.25) is 9.78 Å². The molecule has 0 fully saturated rings. The molecule has 118 valence electrons. The van der Waals surface area contributed by atoms with Gasteiger partial charge in [0.15, 0.2) is 0 Å². The van der Waals surface area contributed by atoms with Gasteiger partial charge in [-0.05, 0) is 36.4 Å². The maximum atomic E-state index is 12.3. The molecule has 0 aliphatic heterocycles. The largest absolute Gasteiger partial charge is 0.271 e. The molecular formula is C19H14BrN3O. The number of halogens is 1. The third-order valence-corrected chi connectivity index (χ3v) is 3.86. The number of carbonyl (C=O) groups excluding carboxylic acids is 1. The van der Waals surface area contributed by atoms with Gasteiger partial charge in [-0.2, -0.15) is 5.10 Å². The molecule has 0 unspecified atom stereocenters. The normalized spacial score (nSPS) is 11.1. The molecule has 4 nitrogen and oxygen atoms in total. The minimum absolute atomic E-state index is 0.271. The van der Waals surface area contributed by atoms with Crippen LogP contribution in [-0.2, 0) is 0 Å². The van der Waals surface area contributed by atoms with Gasteiger partial charge in [-0.25, -0.2) is 5.43 Å². The first-order valence-electron chi connectivity index (χ1n) is 7.34. The van der Waals surface area contributed by atoms with Crippen molar-refractivity contribution in [1.82, 2.24) is 10.4 Å². The molecule has 0 saturated heterocycles. The summed E-state index contributed by atoms with van der Waals surface area (Å²) in [7, 11) is 0. The lowest BCUT2D eigenvalue weighted by Gasteiger charge is -2.07. The highest BCUT2D eigenvalue weighted by atomic mass is 79.9. The Morgan fingerprint density at radius 3 is 2.25 bits per heavy atom. The van der Waals surface area contributed by atoms with Gasteiger partial charge in [0.2, 0.25) is 0 Å². The lowest BCUT2D eigenvalue weighted by Crippen LogP contribution is -2.21. The topological polar surface area (TPSA) is 54.4 Å². The van der Waals surface area contributed by atoms with E-state index in [1.807, 2.05) is 60.7 Å². The Kier molecular flexibility index (Phi) is 5.13. The summed E-state index contributed by atoms with van der Waals surface area (Å²) in [6.07, 6.45) is 1.70. The maximum Gasteiger partial charge on any atom is 0.271 e. The number of aromatic nitrogens is 1. The minimum atomic E-state index is -0.271. The molecular weight excluding hydrogens is 366 g/mol. The molecule has 1 aromatic heterocycles. The zero-order chi connectivity index (χ0) is 16.8. The molecule has 3 rings (SSSR count). The van der Waals surface area contributed by atoms with Gasteiger partial charge in [-0.1, -0.05) is 52.3 Å². The van der Waals surface area contributed by atoms with E-state index < -0.39 is 0 Å². The molecule has 24 heavy (non-hydrogen) atoms. The number of carbonyl (C=O) groups is 1.